The van der Waals surface area contributed by atoms with Crippen molar-refractivity contribution in [3.8, 4) is 72.8 Å². The van der Waals surface area contributed by atoms with Gasteiger partial charge in [0.1, 0.15) is 5.75 Å². The molecule has 0 N–H and O–H groups in total. The standard InChI is InChI=1S/C52H33N.C44H31NO/c1-2-12-34(13-3-1)38-28-31-46-48(32-38)51(37-26-29-40(30-27-37)53-49-20-10-8-16-42(49)43-17-9-11-21-50(43)53)44-18-6-7-19-45(44)52(46)39-25-24-36-23-22-35-14-4-5-15-41(35)47(36)33-39;1-28-15-24-39-40(25-28)43(29-18-21-33(22-19-29)45-41-13-7-5-9-35(41)36-10-6-8-14-42(36)45)37-11-3-4-12-38(37)44(39)32-17-16-31-27-34(46-2)23-20-30(31)26-32/h1-33H;3-27H,1-2H3. The van der Waals surface area contributed by atoms with Crippen LogP contribution in [0.5, 0.6) is 5.75 Å². The monoisotopic (exact) mass is 1260 g/mol. The lowest BCUT2D eigenvalue weighted by Gasteiger charge is -2.19. The Morgan fingerprint density at radius 3 is 1.06 bits per heavy atom. The van der Waals surface area contributed by atoms with Crippen LogP contribution in [0.4, 0.5) is 0 Å². The van der Waals surface area contributed by atoms with E-state index in [1.54, 1.807) is 7.11 Å². The molecular weight excluding hydrogens is 1200 g/mol. The summed E-state index contributed by atoms with van der Waals surface area (Å²) in [6, 6.07) is 129. The Kier molecular flexibility index (Phi) is 13.7. The zero-order valence-electron chi connectivity index (χ0n) is 54.8. The number of benzene rings is 18. The molecule has 464 valence electrons. The number of fused-ring (bicyclic) bond motifs is 14. The number of aryl methyl sites for hydroxylation is 1. The van der Waals surface area contributed by atoms with Gasteiger partial charge in [0.2, 0.25) is 0 Å². The second-order valence-corrected chi connectivity index (χ2v) is 26.3. The van der Waals surface area contributed by atoms with Crippen LogP contribution in [0.2, 0.25) is 0 Å². The quantitative estimate of drug-likeness (QED) is 0.110. The summed E-state index contributed by atoms with van der Waals surface area (Å²) in [5, 5.41) is 22.6. The van der Waals surface area contributed by atoms with E-state index in [0.717, 1.165) is 17.1 Å². The van der Waals surface area contributed by atoms with Gasteiger partial charge in [-0.25, -0.2) is 0 Å². The van der Waals surface area contributed by atoms with Gasteiger partial charge >= 0.3 is 0 Å². The van der Waals surface area contributed by atoms with Crippen LogP contribution in [-0.4, -0.2) is 16.2 Å². The zero-order chi connectivity index (χ0) is 65.7. The Bertz CT molecular complexity index is 6530. The molecule has 20 aromatic rings. The van der Waals surface area contributed by atoms with Crippen LogP contribution in [0.1, 0.15) is 5.56 Å². The van der Waals surface area contributed by atoms with E-state index in [1.165, 1.54) is 180 Å². The molecule has 0 aliphatic carbocycles. The summed E-state index contributed by atoms with van der Waals surface area (Å²) < 4.78 is 10.3. The number of methoxy groups -OCH3 is 1. The maximum Gasteiger partial charge on any atom is 0.119 e. The molecule has 2 aromatic heterocycles. The van der Waals surface area contributed by atoms with Crippen LogP contribution >= 0.6 is 0 Å². The highest BCUT2D eigenvalue weighted by molar-refractivity contribution is 6.24. The van der Waals surface area contributed by atoms with Gasteiger partial charge in [0.25, 0.3) is 0 Å². The molecule has 0 saturated heterocycles. The van der Waals surface area contributed by atoms with E-state index >= 15 is 0 Å². The number of para-hydroxylation sites is 4. The number of aromatic nitrogens is 2. The summed E-state index contributed by atoms with van der Waals surface area (Å²) in [5.74, 6) is 0.875. The van der Waals surface area contributed by atoms with Gasteiger partial charge in [-0.1, -0.05) is 279 Å². The average Bonchev–Trinajstić information content (AvgIpc) is 1.71. The molecule has 0 radical (unpaired) electrons. The molecule has 18 aromatic carbocycles. The molecule has 3 heteroatoms. The molecule has 0 aliphatic heterocycles. The van der Waals surface area contributed by atoms with Gasteiger partial charge in [0.15, 0.2) is 0 Å². The molecule has 20 rings (SSSR count). The molecule has 0 saturated carbocycles. The van der Waals surface area contributed by atoms with E-state index < -0.39 is 0 Å². The van der Waals surface area contributed by atoms with Crippen molar-refractivity contribution in [2.75, 3.05) is 7.11 Å². The first-order valence-corrected chi connectivity index (χ1v) is 34.1. The van der Waals surface area contributed by atoms with Crippen LogP contribution in [-0.2, 0) is 0 Å². The van der Waals surface area contributed by atoms with Gasteiger partial charge in [-0.05, 0) is 217 Å². The summed E-state index contributed by atoms with van der Waals surface area (Å²) >= 11 is 0. The van der Waals surface area contributed by atoms with Crippen LogP contribution < -0.4 is 4.74 Å². The largest absolute Gasteiger partial charge is 0.497 e. The molecule has 0 unspecified atom stereocenters. The summed E-state index contributed by atoms with van der Waals surface area (Å²) in [4.78, 5) is 0. The molecular formula is C96H64N2O. The summed E-state index contributed by atoms with van der Waals surface area (Å²) in [5.41, 5.74) is 20.8. The minimum absolute atomic E-state index is 0.875. The molecule has 2 heterocycles. The second-order valence-electron chi connectivity index (χ2n) is 26.3. The molecule has 0 amide bonds. The van der Waals surface area contributed by atoms with Crippen LogP contribution in [0, 0.1) is 6.92 Å². The van der Waals surface area contributed by atoms with Crippen molar-refractivity contribution in [1.29, 1.82) is 0 Å². The van der Waals surface area contributed by atoms with Crippen molar-refractivity contribution in [2.24, 2.45) is 0 Å². The zero-order valence-corrected chi connectivity index (χ0v) is 54.8. The molecule has 0 bridgehead atoms. The lowest BCUT2D eigenvalue weighted by atomic mass is 9.84. The molecule has 3 nitrogen and oxygen atoms in total. The lowest BCUT2D eigenvalue weighted by Crippen LogP contribution is -1.95. The Labute approximate surface area is 573 Å². The van der Waals surface area contributed by atoms with Crippen LogP contribution in [0.25, 0.3) is 186 Å². The smallest absolute Gasteiger partial charge is 0.119 e. The first-order chi connectivity index (χ1) is 49.0. The topological polar surface area (TPSA) is 19.1 Å². The third kappa shape index (κ3) is 9.57. The SMILES string of the molecule is COc1ccc2cc(-c3c4ccccc4c(-c4ccc(-n5c6ccccc6c6ccccc65)cc4)c4cc(C)ccc34)ccc2c1.c1ccc(-c2ccc3c(-c4ccc5ccc6ccccc6c5c4)c4ccccc4c(-c4ccc(-n5c6ccccc6c6ccccc65)cc4)c3c2)cc1. The number of rotatable bonds is 8. The summed E-state index contributed by atoms with van der Waals surface area (Å²) in [6.07, 6.45) is 0. The van der Waals surface area contributed by atoms with Gasteiger partial charge in [-0.2, -0.15) is 0 Å². The number of nitrogens with zero attached hydrogens (tertiary/aromatic N) is 2. The molecule has 0 spiro atoms. The Balaban J connectivity index is 0.000000140. The van der Waals surface area contributed by atoms with Crippen molar-refractivity contribution >= 4 is 119 Å². The Hall–Kier alpha value is -12.8. The predicted octanol–water partition coefficient (Wildman–Crippen LogP) is 26.3. The first kappa shape index (κ1) is 57.6. The highest BCUT2D eigenvalue weighted by Crippen LogP contribution is 2.48. The van der Waals surface area contributed by atoms with E-state index in [-0.39, 0.29) is 0 Å². The molecule has 0 fully saturated rings. The normalized spacial score (nSPS) is 11.7. The average molecular weight is 1260 g/mol. The number of hydrogen-bond donors (Lipinski definition) is 0. The molecule has 0 atom stereocenters. The fraction of sp³-hybridized carbons (Fsp3) is 0.0208. The minimum atomic E-state index is 0.875. The molecule has 99 heavy (non-hydrogen) atoms. The maximum atomic E-state index is 5.48. The van der Waals surface area contributed by atoms with Gasteiger partial charge in [-0.15, -0.1) is 0 Å². The highest BCUT2D eigenvalue weighted by atomic mass is 16.5. The number of ether oxygens (including phenoxy) is 1. The Morgan fingerprint density at radius 1 is 0.202 bits per heavy atom. The van der Waals surface area contributed by atoms with E-state index in [2.05, 4.69) is 362 Å². The fourth-order valence-electron chi connectivity index (χ4n) is 16.1. The van der Waals surface area contributed by atoms with Crippen molar-refractivity contribution in [3.05, 3.63) is 357 Å². The van der Waals surface area contributed by atoms with Crippen molar-refractivity contribution in [3.63, 3.8) is 0 Å². The van der Waals surface area contributed by atoms with E-state index in [9.17, 15) is 0 Å². The number of hydrogen-bond acceptors (Lipinski definition) is 1. The lowest BCUT2D eigenvalue weighted by molar-refractivity contribution is 0.415. The van der Waals surface area contributed by atoms with Crippen molar-refractivity contribution < 1.29 is 4.74 Å². The minimum Gasteiger partial charge on any atom is -0.497 e. The van der Waals surface area contributed by atoms with Crippen molar-refractivity contribution in [2.45, 2.75) is 6.92 Å². The van der Waals surface area contributed by atoms with Gasteiger partial charge < -0.3 is 13.9 Å². The van der Waals surface area contributed by atoms with Gasteiger partial charge in [0, 0.05) is 32.9 Å². The maximum absolute atomic E-state index is 5.48. The molecule has 0 aliphatic rings. The van der Waals surface area contributed by atoms with Crippen molar-refractivity contribution in [1.82, 2.24) is 9.13 Å². The third-order valence-electron chi connectivity index (χ3n) is 20.7. The summed E-state index contributed by atoms with van der Waals surface area (Å²) in [7, 11) is 1.72. The Morgan fingerprint density at radius 2 is 0.545 bits per heavy atom. The van der Waals surface area contributed by atoms with E-state index in [0.29, 0.717) is 0 Å². The van der Waals surface area contributed by atoms with Crippen LogP contribution in [0.3, 0.4) is 0 Å². The fourth-order valence-corrected chi connectivity index (χ4v) is 16.1. The third-order valence-corrected chi connectivity index (χ3v) is 20.7. The van der Waals surface area contributed by atoms with Gasteiger partial charge in [0.05, 0.1) is 29.2 Å². The first-order valence-electron chi connectivity index (χ1n) is 34.1. The van der Waals surface area contributed by atoms with Crippen LogP contribution in [0.15, 0.2) is 352 Å². The summed E-state index contributed by atoms with van der Waals surface area (Å²) in [6.45, 7) is 2.19. The predicted molar refractivity (Wildman–Crippen MR) is 423 cm³/mol. The van der Waals surface area contributed by atoms with E-state index in [4.69, 9.17) is 4.74 Å². The highest BCUT2D eigenvalue weighted by Gasteiger charge is 2.22. The van der Waals surface area contributed by atoms with E-state index in [1.807, 2.05) is 6.07 Å². The van der Waals surface area contributed by atoms with Gasteiger partial charge in [-0.3, -0.25) is 0 Å². The second kappa shape index (κ2) is 23.5.